The van der Waals surface area contributed by atoms with E-state index in [9.17, 15) is 13.5 Å². The third-order valence-corrected chi connectivity index (χ3v) is 7.70. The van der Waals surface area contributed by atoms with Gasteiger partial charge in [0.15, 0.2) is 9.84 Å². The van der Waals surface area contributed by atoms with Gasteiger partial charge in [0.2, 0.25) is 0 Å². The first-order valence-electron chi connectivity index (χ1n) is 7.66. The van der Waals surface area contributed by atoms with Gasteiger partial charge in [0.25, 0.3) is 0 Å². The highest BCUT2D eigenvalue weighted by atomic mass is 32.2. The van der Waals surface area contributed by atoms with Gasteiger partial charge < -0.3 is 5.11 Å². The zero-order valence-corrected chi connectivity index (χ0v) is 13.0. The van der Waals surface area contributed by atoms with Crippen LogP contribution in [0, 0.1) is 0 Å². The molecule has 2 aliphatic rings. The molecule has 2 saturated heterocycles. The molecule has 2 aliphatic heterocycles. The molecule has 2 aromatic rings. The van der Waals surface area contributed by atoms with Crippen molar-refractivity contribution in [1.29, 1.82) is 0 Å². The van der Waals surface area contributed by atoms with Crippen molar-refractivity contribution in [3.05, 3.63) is 36.2 Å². The van der Waals surface area contributed by atoms with Crippen LogP contribution in [0.15, 0.2) is 30.5 Å². The average Bonchev–Trinajstić information content (AvgIpc) is 2.48. The Kier molecular flexibility index (Phi) is 3.03. The van der Waals surface area contributed by atoms with E-state index in [-0.39, 0.29) is 12.8 Å². The smallest absolute Gasteiger partial charge is 0.156 e. The van der Waals surface area contributed by atoms with Crippen molar-refractivity contribution in [3.8, 4) is 0 Å². The minimum Gasteiger partial charge on any atom is -0.383 e. The molecule has 2 unspecified atom stereocenters. The van der Waals surface area contributed by atoms with E-state index in [1.807, 2.05) is 24.3 Å². The number of benzene rings is 1. The van der Waals surface area contributed by atoms with Gasteiger partial charge in [-0.2, -0.15) is 0 Å². The summed E-state index contributed by atoms with van der Waals surface area (Å²) in [5.74, 6) is 0. The third kappa shape index (κ3) is 2.05. The Morgan fingerprint density at radius 1 is 1.09 bits per heavy atom. The van der Waals surface area contributed by atoms with Crippen LogP contribution in [0.2, 0.25) is 0 Å². The highest BCUT2D eigenvalue weighted by Gasteiger charge is 2.51. The molecule has 2 atom stereocenters. The molecule has 0 spiro atoms. The number of rotatable bonds is 1. The summed E-state index contributed by atoms with van der Waals surface area (Å²) in [6, 6.07) is 7.50. The monoisotopic (exact) mass is 318 g/mol. The lowest BCUT2D eigenvalue weighted by Crippen LogP contribution is -2.50. The van der Waals surface area contributed by atoms with Crippen LogP contribution in [0.1, 0.15) is 37.8 Å². The molecule has 2 bridgehead atoms. The Labute approximate surface area is 129 Å². The predicted octanol–water partition coefficient (Wildman–Crippen LogP) is 1.95. The Morgan fingerprint density at radius 3 is 2.41 bits per heavy atom. The summed E-state index contributed by atoms with van der Waals surface area (Å²) in [6.07, 6.45) is 4.27. The number of aliphatic hydroxyl groups is 1. The summed E-state index contributed by atoms with van der Waals surface area (Å²) in [4.78, 5) is 8.90. The van der Waals surface area contributed by atoms with Crippen LogP contribution in [0.4, 0.5) is 0 Å². The highest BCUT2D eigenvalue weighted by Crippen LogP contribution is 2.45. The van der Waals surface area contributed by atoms with Gasteiger partial charge in [-0.3, -0.25) is 4.98 Å². The maximum Gasteiger partial charge on any atom is 0.156 e. The number of sulfone groups is 1. The molecule has 1 N–H and O–H groups in total. The lowest BCUT2D eigenvalue weighted by Gasteiger charge is -2.43. The molecule has 3 heterocycles. The van der Waals surface area contributed by atoms with E-state index in [2.05, 4.69) is 9.97 Å². The first-order valence-corrected chi connectivity index (χ1v) is 9.27. The summed E-state index contributed by atoms with van der Waals surface area (Å²) in [5.41, 5.74) is 0.821. The fourth-order valence-corrected chi connectivity index (χ4v) is 6.39. The molecule has 1 aromatic carbocycles. The van der Waals surface area contributed by atoms with E-state index in [4.69, 9.17) is 0 Å². The molecule has 5 nitrogen and oxygen atoms in total. The Hall–Kier alpha value is -1.53. The Morgan fingerprint density at radius 2 is 1.73 bits per heavy atom. The van der Waals surface area contributed by atoms with Gasteiger partial charge >= 0.3 is 0 Å². The average molecular weight is 318 g/mol. The van der Waals surface area contributed by atoms with Crippen LogP contribution in [-0.4, -0.2) is 34.0 Å². The summed E-state index contributed by atoms with van der Waals surface area (Å²) in [6.45, 7) is 0. The fourth-order valence-electron chi connectivity index (χ4n) is 3.84. The molecular weight excluding hydrogens is 300 g/mol. The van der Waals surface area contributed by atoms with Crippen LogP contribution in [0.5, 0.6) is 0 Å². The largest absolute Gasteiger partial charge is 0.383 e. The molecule has 1 aromatic heterocycles. The van der Waals surface area contributed by atoms with Crippen molar-refractivity contribution < 1.29 is 13.5 Å². The second-order valence-corrected chi connectivity index (χ2v) is 8.96. The maximum atomic E-state index is 12.4. The zero-order valence-electron chi connectivity index (χ0n) is 12.1. The van der Waals surface area contributed by atoms with E-state index < -0.39 is 25.9 Å². The van der Waals surface area contributed by atoms with Crippen LogP contribution in [-0.2, 0) is 15.4 Å². The normalized spacial score (nSPS) is 33.7. The van der Waals surface area contributed by atoms with Gasteiger partial charge in [0.05, 0.1) is 33.4 Å². The molecule has 4 rings (SSSR count). The molecule has 0 aliphatic carbocycles. The van der Waals surface area contributed by atoms with E-state index in [1.165, 1.54) is 0 Å². The minimum absolute atomic E-state index is 0.235. The Balaban J connectivity index is 1.77. The van der Waals surface area contributed by atoms with Gasteiger partial charge in [-0.25, -0.2) is 13.4 Å². The number of hydrogen-bond acceptors (Lipinski definition) is 5. The third-order valence-electron chi connectivity index (χ3n) is 5.04. The van der Waals surface area contributed by atoms with Crippen LogP contribution in [0.3, 0.4) is 0 Å². The van der Waals surface area contributed by atoms with Crippen molar-refractivity contribution in [2.24, 2.45) is 0 Å². The second kappa shape index (κ2) is 4.73. The van der Waals surface area contributed by atoms with Crippen LogP contribution < -0.4 is 0 Å². The molecule has 0 amide bonds. The molecule has 2 fully saturated rings. The number of hydrogen-bond donors (Lipinski definition) is 1. The quantitative estimate of drug-likeness (QED) is 0.869. The van der Waals surface area contributed by atoms with E-state index >= 15 is 0 Å². The summed E-state index contributed by atoms with van der Waals surface area (Å²) < 4.78 is 24.8. The Bertz CT molecular complexity index is 814. The van der Waals surface area contributed by atoms with Gasteiger partial charge in [-0.05, 0) is 37.8 Å². The zero-order chi connectivity index (χ0) is 15.4. The van der Waals surface area contributed by atoms with Crippen molar-refractivity contribution in [2.75, 3.05) is 0 Å². The van der Waals surface area contributed by atoms with Crippen LogP contribution in [0.25, 0.3) is 11.0 Å². The standard InChI is InChI=1S/C16H18N2O3S/c19-16(8-11-4-3-5-12(9-16)22(11,20)21)15-10-17-13-6-1-2-7-14(13)18-15/h1-2,6-7,10-12,19H,3-5,8-9H2. The molecule has 6 heteroatoms. The number of aromatic nitrogens is 2. The maximum absolute atomic E-state index is 12.4. The van der Waals surface area contributed by atoms with E-state index in [0.717, 1.165) is 17.5 Å². The van der Waals surface area contributed by atoms with Crippen molar-refractivity contribution >= 4 is 20.9 Å². The number of para-hydroxylation sites is 2. The fraction of sp³-hybridized carbons (Fsp3) is 0.500. The molecule has 0 radical (unpaired) electrons. The van der Waals surface area contributed by atoms with Crippen molar-refractivity contribution in [3.63, 3.8) is 0 Å². The van der Waals surface area contributed by atoms with Gasteiger partial charge in [0.1, 0.15) is 5.60 Å². The van der Waals surface area contributed by atoms with Gasteiger partial charge in [0, 0.05) is 0 Å². The SMILES string of the molecule is O=S1(=O)C2CCCC1CC(O)(c1cnc3ccccc3n1)C2. The molecular formula is C16H18N2O3S. The number of nitrogens with zero attached hydrogens (tertiary/aromatic N) is 2. The lowest BCUT2D eigenvalue weighted by molar-refractivity contribution is 0.000967. The lowest BCUT2D eigenvalue weighted by atomic mass is 9.83. The minimum atomic E-state index is -3.10. The van der Waals surface area contributed by atoms with Crippen molar-refractivity contribution in [1.82, 2.24) is 9.97 Å². The van der Waals surface area contributed by atoms with E-state index in [0.29, 0.717) is 18.5 Å². The van der Waals surface area contributed by atoms with Crippen molar-refractivity contribution in [2.45, 2.75) is 48.2 Å². The molecule has 22 heavy (non-hydrogen) atoms. The molecule has 0 saturated carbocycles. The first-order chi connectivity index (χ1) is 10.5. The number of fused-ring (bicyclic) bond motifs is 3. The van der Waals surface area contributed by atoms with Gasteiger partial charge in [-0.1, -0.05) is 18.6 Å². The highest BCUT2D eigenvalue weighted by molar-refractivity contribution is 7.92. The summed E-state index contributed by atoms with van der Waals surface area (Å²) in [5, 5.41) is 10.2. The predicted molar refractivity (Wildman–Crippen MR) is 83.0 cm³/mol. The summed E-state index contributed by atoms with van der Waals surface area (Å²) in [7, 11) is -3.10. The summed E-state index contributed by atoms with van der Waals surface area (Å²) >= 11 is 0. The topological polar surface area (TPSA) is 80.2 Å². The second-order valence-electron chi connectivity index (χ2n) is 6.45. The van der Waals surface area contributed by atoms with Gasteiger partial charge in [-0.15, -0.1) is 0 Å². The molecule has 116 valence electrons. The first kappa shape index (κ1) is 14.1. The van der Waals surface area contributed by atoms with E-state index in [1.54, 1.807) is 6.20 Å². The van der Waals surface area contributed by atoms with Crippen LogP contribution >= 0.6 is 0 Å².